The van der Waals surface area contributed by atoms with Gasteiger partial charge in [0, 0.05) is 31.3 Å². The zero-order chi connectivity index (χ0) is 17.2. The number of carbonyl (C=O) groups excluding carboxylic acids is 4. The van der Waals surface area contributed by atoms with Crippen LogP contribution in [0, 0.1) is 5.92 Å². The molecular weight excluding hydrogens is 300 g/mol. The maximum absolute atomic E-state index is 12.2. The van der Waals surface area contributed by atoms with Gasteiger partial charge >= 0.3 is 11.9 Å². The molecule has 23 heavy (non-hydrogen) atoms. The minimum absolute atomic E-state index is 0.0878. The normalized spacial score (nSPS) is 15.9. The number of ether oxygens (including phenoxy) is 2. The Morgan fingerprint density at radius 2 is 1.48 bits per heavy atom. The summed E-state index contributed by atoms with van der Waals surface area (Å²) in [6.07, 6.45) is 6.61. The van der Waals surface area contributed by atoms with Gasteiger partial charge < -0.3 is 9.47 Å². The Hall–Kier alpha value is -2.24. The van der Waals surface area contributed by atoms with Gasteiger partial charge in [0.25, 0.3) is 0 Å². The van der Waals surface area contributed by atoms with Crippen LogP contribution in [0.15, 0.2) is 23.8 Å². The molecule has 0 bridgehead atoms. The van der Waals surface area contributed by atoms with Crippen LogP contribution >= 0.6 is 0 Å². The molecule has 0 N–H and O–H groups in total. The molecular formula is C17H22O6. The first-order chi connectivity index (χ1) is 11.0. The Labute approximate surface area is 135 Å². The van der Waals surface area contributed by atoms with Gasteiger partial charge in [-0.15, -0.1) is 0 Å². The molecule has 0 aromatic heterocycles. The number of ketones is 2. The van der Waals surface area contributed by atoms with E-state index in [1.165, 1.54) is 14.2 Å². The molecule has 1 atom stereocenters. The highest BCUT2D eigenvalue weighted by atomic mass is 16.5. The molecule has 0 saturated heterocycles. The second-order valence-electron chi connectivity index (χ2n) is 5.23. The minimum Gasteiger partial charge on any atom is -0.469 e. The molecule has 1 rings (SSSR count). The van der Waals surface area contributed by atoms with E-state index in [-0.39, 0.29) is 49.2 Å². The predicted octanol–water partition coefficient (Wildman–Crippen LogP) is 1.92. The van der Waals surface area contributed by atoms with Crippen molar-refractivity contribution in [2.75, 3.05) is 14.2 Å². The van der Waals surface area contributed by atoms with Gasteiger partial charge in [0.05, 0.1) is 20.1 Å². The summed E-state index contributed by atoms with van der Waals surface area (Å²) < 4.78 is 9.04. The molecule has 0 radical (unpaired) electrons. The number of hydrogen-bond acceptors (Lipinski definition) is 6. The zero-order valence-electron chi connectivity index (χ0n) is 13.5. The van der Waals surface area contributed by atoms with Crippen molar-refractivity contribution in [3.63, 3.8) is 0 Å². The highest BCUT2D eigenvalue weighted by molar-refractivity contribution is 6.04. The average Bonchev–Trinajstić information content (AvgIpc) is 3.03. The number of Topliss-reactive ketones (excluding diaryl/α,β-unsaturated/α-hetero) is 2. The quantitative estimate of drug-likeness (QED) is 0.571. The maximum Gasteiger partial charge on any atom is 0.305 e. The third-order valence-corrected chi connectivity index (χ3v) is 3.63. The highest BCUT2D eigenvalue weighted by Gasteiger charge is 2.27. The highest BCUT2D eigenvalue weighted by Crippen LogP contribution is 2.25. The molecule has 6 nitrogen and oxygen atoms in total. The SMILES string of the molecule is COC(=O)CCCC(=O)C1=CC=CC1C(=O)CCCC(=O)OC. The topological polar surface area (TPSA) is 86.7 Å². The molecule has 0 amide bonds. The molecule has 1 unspecified atom stereocenters. The Morgan fingerprint density at radius 1 is 0.913 bits per heavy atom. The number of allylic oxidation sites excluding steroid dienone is 4. The van der Waals surface area contributed by atoms with Crippen LogP contribution in [0.2, 0.25) is 0 Å². The van der Waals surface area contributed by atoms with Crippen LogP contribution < -0.4 is 0 Å². The molecule has 0 heterocycles. The average molecular weight is 322 g/mol. The summed E-state index contributed by atoms with van der Waals surface area (Å²) in [5.41, 5.74) is 0.456. The summed E-state index contributed by atoms with van der Waals surface area (Å²) in [5.74, 6) is -1.47. The minimum atomic E-state index is -0.543. The van der Waals surface area contributed by atoms with Crippen LogP contribution in [0.5, 0.6) is 0 Å². The fourth-order valence-corrected chi connectivity index (χ4v) is 2.33. The Balaban J connectivity index is 2.44. The number of rotatable bonds is 10. The van der Waals surface area contributed by atoms with Gasteiger partial charge in [-0.2, -0.15) is 0 Å². The lowest BCUT2D eigenvalue weighted by Gasteiger charge is -2.12. The van der Waals surface area contributed by atoms with Gasteiger partial charge in [0.2, 0.25) is 0 Å². The fraction of sp³-hybridized carbons (Fsp3) is 0.529. The second kappa shape index (κ2) is 9.71. The Bertz CT molecular complexity index is 529. The number of esters is 2. The Kier molecular flexibility index (Phi) is 7.94. The van der Waals surface area contributed by atoms with E-state index in [2.05, 4.69) is 9.47 Å². The molecule has 0 aromatic rings. The van der Waals surface area contributed by atoms with Crippen LogP contribution in [0.1, 0.15) is 38.5 Å². The second-order valence-corrected chi connectivity index (χ2v) is 5.23. The van der Waals surface area contributed by atoms with E-state index in [9.17, 15) is 19.2 Å². The number of hydrogen-bond donors (Lipinski definition) is 0. The molecule has 126 valence electrons. The van der Waals surface area contributed by atoms with Gasteiger partial charge in [-0.1, -0.05) is 18.2 Å². The molecule has 0 aliphatic heterocycles. The molecule has 0 saturated carbocycles. The van der Waals surface area contributed by atoms with E-state index in [1.54, 1.807) is 18.2 Å². The van der Waals surface area contributed by atoms with Crippen molar-refractivity contribution in [3.8, 4) is 0 Å². The van der Waals surface area contributed by atoms with Crippen molar-refractivity contribution in [2.24, 2.45) is 5.92 Å². The summed E-state index contributed by atoms with van der Waals surface area (Å²) >= 11 is 0. The lowest BCUT2D eigenvalue weighted by molar-refractivity contribution is -0.141. The molecule has 0 spiro atoms. The molecule has 6 heteroatoms. The van der Waals surface area contributed by atoms with E-state index in [0.717, 1.165) is 0 Å². The molecule has 0 aromatic carbocycles. The fourth-order valence-electron chi connectivity index (χ4n) is 2.33. The van der Waals surface area contributed by atoms with Gasteiger partial charge in [-0.25, -0.2) is 0 Å². The summed E-state index contributed by atoms with van der Waals surface area (Å²) in [6.45, 7) is 0. The predicted molar refractivity (Wildman–Crippen MR) is 82.5 cm³/mol. The maximum atomic E-state index is 12.2. The number of carbonyl (C=O) groups is 4. The first-order valence-electron chi connectivity index (χ1n) is 7.57. The van der Waals surface area contributed by atoms with Gasteiger partial charge in [0.15, 0.2) is 5.78 Å². The Morgan fingerprint density at radius 3 is 2.04 bits per heavy atom. The lowest BCUT2D eigenvalue weighted by atomic mass is 9.90. The smallest absolute Gasteiger partial charge is 0.305 e. The van der Waals surface area contributed by atoms with Crippen molar-refractivity contribution in [3.05, 3.63) is 23.8 Å². The molecule has 1 aliphatic rings. The molecule has 0 fully saturated rings. The third kappa shape index (κ3) is 6.18. The van der Waals surface area contributed by atoms with E-state index in [1.807, 2.05) is 0 Å². The first kappa shape index (κ1) is 18.8. The van der Waals surface area contributed by atoms with Crippen LogP contribution in [0.4, 0.5) is 0 Å². The molecule has 1 aliphatic carbocycles. The van der Waals surface area contributed by atoms with Gasteiger partial charge in [0.1, 0.15) is 5.78 Å². The largest absolute Gasteiger partial charge is 0.469 e. The van der Waals surface area contributed by atoms with Crippen molar-refractivity contribution in [1.29, 1.82) is 0 Å². The van der Waals surface area contributed by atoms with Crippen molar-refractivity contribution >= 4 is 23.5 Å². The summed E-state index contributed by atoms with van der Waals surface area (Å²) in [7, 11) is 2.61. The van der Waals surface area contributed by atoms with Crippen molar-refractivity contribution in [2.45, 2.75) is 38.5 Å². The van der Waals surface area contributed by atoms with E-state index < -0.39 is 5.92 Å². The van der Waals surface area contributed by atoms with E-state index >= 15 is 0 Å². The zero-order valence-corrected chi connectivity index (χ0v) is 13.5. The first-order valence-corrected chi connectivity index (χ1v) is 7.57. The van der Waals surface area contributed by atoms with Crippen LogP contribution in [0.3, 0.4) is 0 Å². The monoisotopic (exact) mass is 322 g/mol. The third-order valence-electron chi connectivity index (χ3n) is 3.63. The number of methoxy groups -OCH3 is 2. The standard InChI is InChI=1S/C17H22O6/c1-22-16(20)10-4-8-14(18)12-6-3-7-13(12)15(19)9-5-11-17(21)23-2/h3,6-7,12H,4-5,8-11H2,1-2H3. The van der Waals surface area contributed by atoms with E-state index in [4.69, 9.17) is 0 Å². The van der Waals surface area contributed by atoms with Crippen LogP contribution in [-0.4, -0.2) is 37.7 Å². The van der Waals surface area contributed by atoms with Gasteiger partial charge in [-0.05, 0) is 12.8 Å². The summed E-state index contributed by atoms with van der Waals surface area (Å²) in [4.78, 5) is 46.4. The van der Waals surface area contributed by atoms with Crippen LogP contribution in [-0.2, 0) is 28.7 Å². The van der Waals surface area contributed by atoms with Gasteiger partial charge in [-0.3, -0.25) is 19.2 Å². The van der Waals surface area contributed by atoms with E-state index in [0.29, 0.717) is 18.4 Å². The van der Waals surface area contributed by atoms with Crippen molar-refractivity contribution < 1.29 is 28.7 Å². The summed E-state index contributed by atoms with van der Waals surface area (Å²) in [5, 5.41) is 0. The lowest BCUT2D eigenvalue weighted by Crippen LogP contribution is -2.19. The van der Waals surface area contributed by atoms with Crippen LogP contribution in [0.25, 0.3) is 0 Å². The summed E-state index contributed by atoms with van der Waals surface area (Å²) in [6, 6.07) is 0. The van der Waals surface area contributed by atoms with Crippen molar-refractivity contribution in [1.82, 2.24) is 0 Å².